The van der Waals surface area contributed by atoms with Gasteiger partial charge in [-0.05, 0) is 79.9 Å². The Balaban J connectivity index is 1.43. The molecule has 0 aliphatic carbocycles. The Hall–Kier alpha value is -3.29. The molecular weight excluding hydrogens is 478 g/mol. The molecule has 0 N–H and O–H groups in total. The summed E-state index contributed by atoms with van der Waals surface area (Å²) in [5.41, 5.74) is 3.92. The quantitative estimate of drug-likeness (QED) is 0.186. The Morgan fingerprint density at radius 1 is 0.886 bits per heavy atom. The maximum absolute atomic E-state index is 13.0. The van der Waals surface area contributed by atoms with Crippen LogP contribution in [0.25, 0.3) is 6.08 Å². The maximum atomic E-state index is 13.0. The van der Waals surface area contributed by atoms with Gasteiger partial charge in [-0.3, -0.25) is 9.69 Å². The van der Waals surface area contributed by atoms with Gasteiger partial charge in [0.15, 0.2) is 15.8 Å². The van der Waals surface area contributed by atoms with E-state index in [0.29, 0.717) is 40.5 Å². The molecule has 4 rings (SSSR count). The minimum absolute atomic E-state index is 0.131. The van der Waals surface area contributed by atoms with Gasteiger partial charge in [0.25, 0.3) is 5.91 Å². The summed E-state index contributed by atoms with van der Waals surface area (Å²) in [7, 11) is 0. The topological polar surface area (TPSA) is 48.0 Å². The van der Waals surface area contributed by atoms with Crippen molar-refractivity contribution in [2.45, 2.75) is 20.8 Å². The van der Waals surface area contributed by atoms with Gasteiger partial charge in [-0.1, -0.05) is 54.3 Å². The molecule has 1 heterocycles. The third-order valence-electron chi connectivity index (χ3n) is 5.18. The van der Waals surface area contributed by atoms with E-state index in [1.165, 1.54) is 11.8 Å². The molecule has 0 bridgehead atoms. The third-order valence-corrected chi connectivity index (χ3v) is 6.48. The first-order valence-corrected chi connectivity index (χ1v) is 12.6. The third kappa shape index (κ3) is 6.24. The van der Waals surface area contributed by atoms with E-state index in [9.17, 15) is 4.79 Å². The molecule has 1 amide bonds. The van der Waals surface area contributed by atoms with E-state index >= 15 is 0 Å². The second kappa shape index (κ2) is 11.4. The van der Waals surface area contributed by atoms with Crippen LogP contribution in [0.1, 0.15) is 23.6 Å². The summed E-state index contributed by atoms with van der Waals surface area (Å²) in [4.78, 5) is 15.1. The number of hydrogen-bond acceptors (Lipinski definition) is 6. The highest BCUT2D eigenvalue weighted by Crippen LogP contribution is 2.37. The predicted molar refractivity (Wildman–Crippen MR) is 147 cm³/mol. The number of benzene rings is 3. The molecule has 1 fully saturated rings. The molecule has 0 saturated carbocycles. The molecule has 0 atom stereocenters. The molecule has 3 aromatic rings. The Bertz CT molecular complexity index is 1240. The lowest BCUT2D eigenvalue weighted by molar-refractivity contribution is -0.113. The van der Waals surface area contributed by atoms with Gasteiger partial charge in [-0.25, -0.2) is 0 Å². The zero-order valence-corrected chi connectivity index (χ0v) is 21.6. The lowest BCUT2D eigenvalue weighted by atomic mass is 10.1. The second-order valence-corrected chi connectivity index (χ2v) is 9.69. The number of ether oxygens (including phenoxy) is 3. The van der Waals surface area contributed by atoms with E-state index in [1.807, 2.05) is 87.5 Å². The number of nitrogens with zero attached hydrogens (tertiary/aromatic N) is 1. The molecule has 1 saturated heterocycles. The van der Waals surface area contributed by atoms with Crippen molar-refractivity contribution in [2.24, 2.45) is 0 Å². The largest absolute Gasteiger partial charge is 0.490 e. The average Bonchev–Trinajstić information content (AvgIpc) is 3.10. The maximum Gasteiger partial charge on any atom is 0.270 e. The number of hydrogen-bond donors (Lipinski definition) is 0. The van der Waals surface area contributed by atoms with Gasteiger partial charge < -0.3 is 14.2 Å². The molecule has 1 aliphatic heterocycles. The minimum Gasteiger partial charge on any atom is -0.490 e. The Labute approximate surface area is 215 Å². The first-order valence-electron chi connectivity index (χ1n) is 11.4. The van der Waals surface area contributed by atoms with Crippen LogP contribution in [0.4, 0.5) is 5.69 Å². The van der Waals surface area contributed by atoms with Crippen LogP contribution in [0.15, 0.2) is 71.6 Å². The van der Waals surface area contributed by atoms with E-state index in [1.54, 1.807) is 4.90 Å². The Kier molecular flexibility index (Phi) is 8.10. The summed E-state index contributed by atoms with van der Waals surface area (Å²) in [5.74, 6) is 1.95. The molecule has 0 aromatic heterocycles. The number of rotatable bonds is 9. The van der Waals surface area contributed by atoms with Gasteiger partial charge in [-0.15, -0.1) is 0 Å². The van der Waals surface area contributed by atoms with Crippen molar-refractivity contribution in [3.63, 3.8) is 0 Å². The standard InChI is InChI=1S/C28H27NO4S2/c1-4-31-25-17-21(18-26-27(30)29(28(34)35-26)22-8-6-5-7-9-22)10-11-24(25)33-13-12-32-23-15-19(2)14-20(3)16-23/h5-11,14-18H,4,12-13H2,1-3H3/b26-18-. The number of amides is 1. The molecule has 0 unspecified atom stereocenters. The fourth-order valence-corrected chi connectivity index (χ4v) is 5.05. The lowest BCUT2D eigenvalue weighted by Crippen LogP contribution is -2.27. The predicted octanol–water partition coefficient (Wildman–Crippen LogP) is 6.57. The number of para-hydroxylation sites is 1. The van der Waals surface area contributed by atoms with E-state index in [2.05, 4.69) is 6.07 Å². The van der Waals surface area contributed by atoms with Crippen molar-refractivity contribution in [2.75, 3.05) is 24.7 Å². The van der Waals surface area contributed by atoms with Crippen LogP contribution in [0, 0.1) is 13.8 Å². The van der Waals surface area contributed by atoms with Crippen LogP contribution in [-0.4, -0.2) is 30.0 Å². The van der Waals surface area contributed by atoms with Gasteiger partial charge in [0, 0.05) is 0 Å². The number of thioether (sulfide) groups is 1. The Morgan fingerprint density at radius 3 is 2.31 bits per heavy atom. The van der Waals surface area contributed by atoms with Gasteiger partial charge in [0.2, 0.25) is 0 Å². The summed E-state index contributed by atoms with van der Waals surface area (Å²) in [6.07, 6.45) is 1.83. The number of thiocarbonyl (C=S) groups is 1. The van der Waals surface area contributed by atoms with Crippen molar-refractivity contribution in [3.05, 3.63) is 88.3 Å². The second-order valence-electron chi connectivity index (χ2n) is 8.01. The van der Waals surface area contributed by atoms with E-state index in [0.717, 1.165) is 28.1 Å². The van der Waals surface area contributed by atoms with E-state index in [-0.39, 0.29) is 5.91 Å². The summed E-state index contributed by atoms with van der Waals surface area (Å²) < 4.78 is 18.1. The number of anilines is 1. The molecule has 0 spiro atoms. The van der Waals surface area contributed by atoms with Gasteiger partial charge in [0.05, 0.1) is 17.2 Å². The molecule has 7 heteroatoms. The number of carbonyl (C=O) groups excluding carboxylic acids is 1. The first-order chi connectivity index (χ1) is 16.9. The van der Waals surface area contributed by atoms with Crippen LogP contribution in [0.2, 0.25) is 0 Å². The normalized spacial score (nSPS) is 14.5. The van der Waals surface area contributed by atoms with E-state index < -0.39 is 0 Å². The SMILES string of the molecule is CCOc1cc(/C=C2\SC(=S)N(c3ccccc3)C2=O)ccc1OCCOc1cc(C)cc(C)c1. The van der Waals surface area contributed by atoms with Crippen molar-refractivity contribution in [3.8, 4) is 17.2 Å². The van der Waals surface area contributed by atoms with Crippen molar-refractivity contribution >= 4 is 46.0 Å². The molecular formula is C28H27NO4S2. The Morgan fingerprint density at radius 2 is 1.60 bits per heavy atom. The monoisotopic (exact) mass is 505 g/mol. The molecule has 0 radical (unpaired) electrons. The molecule has 5 nitrogen and oxygen atoms in total. The lowest BCUT2D eigenvalue weighted by Gasteiger charge is -2.14. The van der Waals surface area contributed by atoms with Crippen LogP contribution in [-0.2, 0) is 4.79 Å². The smallest absolute Gasteiger partial charge is 0.270 e. The summed E-state index contributed by atoms with van der Waals surface area (Å²) in [6.45, 7) is 7.30. The highest BCUT2D eigenvalue weighted by atomic mass is 32.2. The van der Waals surface area contributed by atoms with Crippen molar-refractivity contribution in [1.82, 2.24) is 0 Å². The van der Waals surface area contributed by atoms with Crippen LogP contribution < -0.4 is 19.1 Å². The molecule has 1 aliphatic rings. The number of aryl methyl sites for hydroxylation is 2. The summed E-state index contributed by atoms with van der Waals surface area (Å²) in [6, 6.07) is 21.2. The van der Waals surface area contributed by atoms with Crippen LogP contribution in [0.3, 0.4) is 0 Å². The molecule has 35 heavy (non-hydrogen) atoms. The van der Waals surface area contributed by atoms with Crippen LogP contribution in [0.5, 0.6) is 17.2 Å². The fraction of sp³-hybridized carbons (Fsp3) is 0.214. The van der Waals surface area contributed by atoms with Crippen LogP contribution >= 0.6 is 24.0 Å². The average molecular weight is 506 g/mol. The highest BCUT2D eigenvalue weighted by Gasteiger charge is 2.33. The highest BCUT2D eigenvalue weighted by molar-refractivity contribution is 8.27. The van der Waals surface area contributed by atoms with Gasteiger partial charge in [-0.2, -0.15) is 0 Å². The summed E-state index contributed by atoms with van der Waals surface area (Å²) >= 11 is 6.75. The zero-order valence-electron chi connectivity index (χ0n) is 19.9. The summed E-state index contributed by atoms with van der Waals surface area (Å²) in [5, 5.41) is 0. The van der Waals surface area contributed by atoms with E-state index in [4.69, 9.17) is 26.4 Å². The molecule has 180 valence electrons. The molecule has 3 aromatic carbocycles. The fourth-order valence-electron chi connectivity index (χ4n) is 3.75. The zero-order chi connectivity index (χ0) is 24.8. The van der Waals surface area contributed by atoms with Crippen molar-refractivity contribution < 1.29 is 19.0 Å². The van der Waals surface area contributed by atoms with Crippen molar-refractivity contribution in [1.29, 1.82) is 0 Å². The first kappa shape index (κ1) is 24.8. The minimum atomic E-state index is -0.131. The van der Waals surface area contributed by atoms with Gasteiger partial charge in [0.1, 0.15) is 19.0 Å². The van der Waals surface area contributed by atoms with Gasteiger partial charge >= 0.3 is 0 Å². The number of carbonyl (C=O) groups is 1.